The molecule has 1 heterocycles. The van der Waals surface area contributed by atoms with E-state index in [-0.39, 0.29) is 10.9 Å². The van der Waals surface area contributed by atoms with Gasteiger partial charge in [-0.1, -0.05) is 31.0 Å². The lowest BCUT2D eigenvalue weighted by Crippen LogP contribution is -2.46. The molecule has 1 unspecified atom stereocenters. The minimum Gasteiger partial charge on any atom is -0.378 e. The van der Waals surface area contributed by atoms with Crippen molar-refractivity contribution in [3.8, 4) is 0 Å². The van der Waals surface area contributed by atoms with Gasteiger partial charge in [0.05, 0.1) is 24.2 Å². The predicted octanol–water partition coefficient (Wildman–Crippen LogP) is 2.12. The van der Waals surface area contributed by atoms with E-state index in [1.165, 1.54) is 0 Å². The predicted molar refractivity (Wildman–Crippen MR) is 75.7 cm³/mol. The minimum absolute atomic E-state index is 0.00558. The first-order valence-corrected chi connectivity index (χ1v) is 8.29. The quantitative estimate of drug-likeness (QED) is 0.833. The first-order chi connectivity index (χ1) is 9.53. The highest BCUT2D eigenvalue weighted by molar-refractivity contribution is 7.86. The Labute approximate surface area is 120 Å². The number of ether oxygens (including phenoxy) is 1. The summed E-state index contributed by atoms with van der Waals surface area (Å²) in [5, 5.41) is 1.54. The molecule has 0 aliphatic carbocycles. The summed E-state index contributed by atoms with van der Waals surface area (Å²) >= 11 is 0. The molecule has 1 aliphatic heterocycles. The number of rotatable bonds is 5. The zero-order valence-corrected chi connectivity index (χ0v) is 12.7. The van der Waals surface area contributed by atoms with Crippen molar-refractivity contribution in [2.45, 2.75) is 37.6 Å². The van der Waals surface area contributed by atoms with E-state index in [9.17, 15) is 8.42 Å². The van der Waals surface area contributed by atoms with E-state index >= 15 is 0 Å². The Balaban J connectivity index is 2.12. The zero-order chi connectivity index (χ0) is 14.6. The number of hydroxylamine groups is 2. The summed E-state index contributed by atoms with van der Waals surface area (Å²) in [5.41, 5.74) is 1.01. The van der Waals surface area contributed by atoms with E-state index in [2.05, 4.69) is 6.92 Å². The molecule has 20 heavy (non-hydrogen) atoms. The van der Waals surface area contributed by atoms with Crippen LogP contribution >= 0.6 is 0 Å². The number of hydrogen-bond acceptors (Lipinski definition) is 5. The molecule has 1 saturated heterocycles. The van der Waals surface area contributed by atoms with Crippen LogP contribution in [0, 0.1) is 6.92 Å². The summed E-state index contributed by atoms with van der Waals surface area (Å²) in [7, 11) is -3.76. The molecule has 1 aliphatic rings. The maximum atomic E-state index is 12.3. The van der Waals surface area contributed by atoms with Crippen LogP contribution in [0.4, 0.5) is 0 Å². The molecule has 6 heteroatoms. The van der Waals surface area contributed by atoms with Crippen molar-refractivity contribution in [2.24, 2.45) is 0 Å². The molecule has 0 amide bonds. The normalized spacial score (nSPS) is 21.0. The van der Waals surface area contributed by atoms with Crippen LogP contribution in [0.3, 0.4) is 0 Å². The van der Waals surface area contributed by atoms with Crippen molar-refractivity contribution in [3.63, 3.8) is 0 Å². The Morgan fingerprint density at radius 2 is 2.05 bits per heavy atom. The number of morpholine rings is 1. The Morgan fingerprint density at radius 3 is 2.70 bits per heavy atom. The summed E-state index contributed by atoms with van der Waals surface area (Å²) in [6, 6.07) is 6.66. The van der Waals surface area contributed by atoms with Gasteiger partial charge < -0.3 is 4.74 Å². The molecule has 1 atom stereocenters. The highest BCUT2D eigenvalue weighted by atomic mass is 32.2. The van der Waals surface area contributed by atoms with Crippen LogP contribution < -0.4 is 0 Å². The molecular formula is C14H21NO4S. The second-order valence-corrected chi connectivity index (χ2v) is 6.53. The van der Waals surface area contributed by atoms with E-state index in [1.807, 2.05) is 6.92 Å². The van der Waals surface area contributed by atoms with Crippen LogP contribution in [-0.2, 0) is 19.1 Å². The van der Waals surface area contributed by atoms with Gasteiger partial charge in [-0.2, -0.15) is 17.8 Å². The van der Waals surface area contributed by atoms with Gasteiger partial charge in [0, 0.05) is 6.54 Å². The van der Waals surface area contributed by atoms with Gasteiger partial charge in [0.25, 0.3) is 0 Å². The van der Waals surface area contributed by atoms with E-state index in [0.29, 0.717) is 19.8 Å². The average Bonchev–Trinajstić information content (AvgIpc) is 2.41. The highest BCUT2D eigenvalue weighted by Gasteiger charge is 2.28. The van der Waals surface area contributed by atoms with Gasteiger partial charge in [0.1, 0.15) is 0 Å². The number of hydrogen-bond donors (Lipinski definition) is 0. The molecular weight excluding hydrogens is 278 g/mol. The van der Waals surface area contributed by atoms with Gasteiger partial charge >= 0.3 is 10.1 Å². The molecule has 112 valence electrons. The Kier molecular flexibility index (Phi) is 5.15. The number of nitrogens with zero attached hydrogens (tertiary/aromatic N) is 1. The summed E-state index contributed by atoms with van der Waals surface area (Å²) in [5.74, 6) is 0. The van der Waals surface area contributed by atoms with Crippen molar-refractivity contribution in [1.29, 1.82) is 0 Å². The van der Waals surface area contributed by atoms with E-state index in [1.54, 1.807) is 29.3 Å². The van der Waals surface area contributed by atoms with Crippen molar-refractivity contribution in [3.05, 3.63) is 29.8 Å². The third-order valence-electron chi connectivity index (χ3n) is 3.30. The third kappa shape index (κ3) is 3.79. The fourth-order valence-corrected chi connectivity index (χ4v) is 3.18. The first-order valence-electron chi connectivity index (χ1n) is 6.88. The molecule has 1 aromatic rings. The van der Waals surface area contributed by atoms with E-state index < -0.39 is 10.1 Å². The molecule has 0 spiro atoms. The highest BCUT2D eigenvalue weighted by Crippen LogP contribution is 2.19. The van der Waals surface area contributed by atoms with Crippen LogP contribution in [0.1, 0.15) is 25.3 Å². The van der Waals surface area contributed by atoms with E-state index in [0.717, 1.165) is 18.4 Å². The van der Waals surface area contributed by atoms with Crippen molar-refractivity contribution in [1.82, 2.24) is 5.06 Å². The van der Waals surface area contributed by atoms with Gasteiger partial charge in [-0.15, -0.1) is 0 Å². The summed E-state index contributed by atoms with van der Waals surface area (Å²) in [4.78, 5) is 0.185. The second kappa shape index (κ2) is 6.67. The number of benzene rings is 1. The standard InChI is InChI=1S/C14H21NO4S/c1-3-4-13-11-18-10-9-15(13)19-20(16,17)14-7-5-12(2)6-8-14/h5-8,13H,3-4,9-11H2,1-2H3. The lowest BCUT2D eigenvalue weighted by Gasteiger charge is -2.33. The minimum atomic E-state index is -3.76. The average molecular weight is 299 g/mol. The zero-order valence-electron chi connectivity index (χ0n) is 11.9. The lowest BCUT2D eigenvalue weighted by atomic mass is 10.1. The molecule has 1 aromatic carbocycles. The molecule has 0 aromatic heterocycles. The topological polar surface area (TPSA) is 55.8 Å². The fourth-order valence-electron chi connectivity index (χ4n) is 2.17. The molecule has 0 N–H and O–H groups in total. The van der Waals surface area contributed by atoms with Crippen LogP contribution in [0.15, 0.2) is 29.2 Å². The summed E-state index contributed by atoms with van der Waals surface area (Å²) < 4.78 is 35.2. The van der Waals surface area contributed by atoms with Crippen molar-refractivity contribution >= 4 is 10.1 Å². The SMILES string of the molecule is CCCC1COCCN1OS(=O)(=O)c1ccc(C)cc1. The third-order valence-corrected chi connectivity index (χ3v) is 4.54. The summed E-state index contributed by atoms with van der Waals surface area (Å²) in [6.45, 7) is 5.44. The van der Waals surface area contributed by atoms with Gasteiger partial charge in [0.2, 0.25) is 0 Å². The van der Waals surface area contributed by atoms with E-state index in [4.69, 9.17) is 9.02 Å². The maximum absolute atomic E-state index is 12.3. The lowest BCUT2D eigenvalue weighted by molar-refractivity contribution is -0.155. The van der Waals surface area contributed by atoms with Crippen LogP contribution in [0.2, 0.25) is 0 Å². The van der Waals surface area contributed by atoms with Gasteiger partial charge in [-0.3, -0.25) is 0 Å². The van der Waals surface area contributed by atoms with Crippen molar-refractivity contribution < 1.29 is 17.4 Å². The summed E-state index contributed by atoms with van der Waals surface area (Å²) in [6.07, 6.45) is 1.81. The van der Waals surface area contributed by atoms with Crippen molar-refractivity contribution in [2.75, 3.05) is 19.8 Å². The molecule has 5 nitrogen and oxygen atoms in total. The van der Waals surface area contributed by atoms with Gasteiger partial charge in [-0.25, -0.2) is 0 Å². The van der Waals surface area contributed by atoms with Gasteiger partial charge in [-0.05, 0) is 25.5 Å². The molecule has 2 rings (SSSR count). The first kappa shape index (κ1) is 15.4. The molecule has 0 radical (unpaired) electrons. The molecule has 1 fully saturated rings. The monoisotopic (exact) mass is 299 g/mol. The van der Waals surface area contributed by atoms with Crippen LogP contribution in [-0.4, -0.2) is 39.3 Å². The van der Waals surface area contributed by atoms with Gasteiger partial charge in [0.15, 0.2) is 0 Å². The Hall–Kier alpha value is -0.950. The maximum Gasteiger partial charge on any atom is 0.313 e. The van der Waals surface area contributed by atoms with Crippen LogP contribution in [0.25, 0.3) is 0 Å². The fraction of sp³-hybridized carbons (Fsp3) is 0.571. The Morgan fingerprint density at radius 1 is 1.35 bits per heavy atom. The second-order valence-electron chi connectivity index (χ2n) is 5.00. The largest absolute Gasteiger partial charge is 0.378 e. The molecule has 0 saturated carbocycles. The smallest absolute Gasteiger partial charge is 0.313 e. The van der Waals surface area contributed by atoms with Crippen LogP contribution in [0.5, 0.6) is 0 Å². The molecule has 0 bridgehead atoms. The Bertz CT molecular complexity index is 525. The number of aryl methyl sites for hydroxylation is 1.